The molecule has 3 N–H and O–H groups in total. The Kier molecular flexibility index (Phi) is 8.81. The van der Waals surface area contributed by atoms with Gasteiger partial charge in [-0.2, -0.15) is 11.3 Å². The lowest BCUT2D eigenvalue weighted by Gasteiger charge is -2.26. The fraction of sp³-hybridized carbons (Fsp3) is 0.139. The standard InChI is InChI=1S/C36H31FN4O3S/c37-31-6-2-1-5-27(31)21-39-34(42)19-30-35(43)40(22-25-9-13-26(14-10-25)28-17-18-45-23-28)32-7-3-4-8-33(32)41(36(30)44)29-15-11-24(20-38)12-16-29/h1-18,23,30H,19-22,38H2,(H,39,42). The van der Waals surface area contributed by atoms with E-state index in [9.17, 15) is 18.8 Å². The zero-order valence-electron chi connectivity index (χ0n) is 24.4. The average Bonchev–Trinajstić information content (AvgIpc) is 3.59. The molecular formula is C36H31FN4O3S. The molecule has 0 bridgehead atoms. The zero-order valence-corrected chi connectivity index (χ0v) is 25.2. The highest BCUT2D eigenvalue weighted by atomic mass is 32.1. The van der Waals surface area contributed by atoms with Gasteiger partial charge in [0.2, 0.25) is 17.7 Å². The molecule has 1 unspecified atom stereocenters. The van der Waals surface area contributed by atoms with Crippen LogP contribution in [-0.2, 0) is 34.0 Å². The first-order valence-corrected chi connectivity index (χ1v) is 15.5. The number of nitrogens with two attached hydrogens (primary N) is 1. The number of anilines is 3. The summed E-state index contributed by atoms with van der Waals surface area (Å²) in [5.74, 6) is -3.31. The molecule has 0 radical (unpaired) electrons. The number of hydrogen-bond acceptors (Lipinski definition) is 5. The van der Waals surface area contributed by atoms with Crippen LogP contribution in [0, 0.1) is 11.7 Å². The number of hydrogen-bond donors (Lipinski definition) is 2. The van der Waals surface area contributed by atoms with Crippen molar-refractivity contribution in [2.45, 2.75) is 26.1 Å². The first-order chi connectivity index (χ1) is 21.9. The quantitative estimate of drug-likeness (QED) is 0.183. The molecule has 4 aromatic carbocycles. The molecule has 0 saturated heterocycles. The summed E-state index contributed by atoms with van der Waals surface area (Å²) in [4.78, 5) is 45.0. The largest absolute Gasteiger partial charge is 0.352 e. The molecule has 0 fully saturated rings. The number of fused-ring (bicyclic) bond motifs is 1. The van der Waals surface area contributed by atoms with Gasteiger partial charge in [-0.25, -0.2) is 4.39 Å². The smallest absolute Gasteiger partial charge is 0.244 e. The van der Waals surface area contributed by atoms with Crippen LogP contribution in [-0.4, -0.2) is 17.7 Å². The highest BCUT2D eigenvalue weighted by Crippen LogP contribution is 2.40. The van der Waals surface area contributed by atoms with Gasteiger partial charge in [-0.05, 0) is 69.4 Å². The van der Waals surface area contributed by atoms with Crippen molar-refractivity contribution < 1.29 is 18.8 Å². The lowest BCUT2D eigenvalue weighted by Crippen LogP contribution is -2.43. The lowest BCUT2D eigenvalue weighted by atomic mass is 10.0. The maximum atomic E-state index is 14.3. The highest BCUT2D eigenvalue weighted by Gasteiger charge is 2.42. The molecule has 0 aliphatic carbocycles. The van der Waals surface area contributed by atoms with E-state index in [1.807, 2.05) is 60.0 Å². The predicted molar refractivity (Wildman–Crippen MR) is 175 cm³/mol. The van der Waals surface area contributed by atoms with Crippen molar-refractivity contribution in [3.8, 4) is 11.1 Å². The van der Waals surface area contributed by atoms with E-state index in [0.29, 0.717) is 29.2 Å². The van der Waals surface area contributed by atoms with Crippen molar-refractivity contribution in [1.82, 2.24) is 5.32 Å². The van der Waals surface area contributed by atoms with Crippen LogP contribution in [0.1, 0.15) is 23.1 Å². The number of rotatable bonds is 9. The van der Waals surface area contributed by atoms with Gasteiger partial charge in [0, 0.05) is 30.8 Å². The average molecular weight is 619 g/mol. The summed E-state index contributed by atoms with van der Waals surface area (Å²) in [6, 6.07) is 30.6. The van der Waals surface area contributed by atoms with Crippen LogP contribution in [0.3, 0.4) is 0 Å². The highest BCUT2D eigenvalue weighted by molar-refractivity contribution is 7.08. The number of amides is 3. The molecule has 9 heteroatoms. The number of benzene rings is 4. The molecule has 45 heavy (non-hydrogen) atoms. The Morgan fingerprint density at radius 2 is 1.49 bits per heavy atom. The Balaban J connectivity index is 1.35. The summed E-state index contributed by atoms with van der Waals surface area (Å²) >= 11 is 1.62. The van der Waals surface area contributed by atoms with E-state index in [-0.39, 0.29) is 13.1 Å². The minimum absolute atomic E-state index is 0.0642. The minimum atomic E-state index is -1.32. The Bertz CT molecular complexity index is 1820. The Hall–Kier alpha value is -5.12. The monoisotopic (exact) mass is 618 g/mol. The molecule has 0 spiro atoms. The number of halogens is 1. The van der Waals surface area contributed by atoms with Crippen LogP contribution in [0.15, 0.2) is 114 Å². The van der Waals surface area contributed by atoms with Gasteiger partial charge in [0.25, 0.3) is 0 Å². The number of nitrogens with one attached hydrogen (secondary N) is 1. The SMILES string of the molecule is NCc1ccc(N2C(=O)C(CC(=O)NCc3ccccc3F)C(=O)N(Cc3ccc(-c4ccsc4)cc3)c3ccccc32)cc1. The third kappa shape index (κ3) is 6.40. The topological polar surface area (TPSA) is 95.7 Å². The first-order valence-electron chi connectivity index (χ1n) is 14.6. The predicted octanol–water partition coefficient (Wildman–Crippen LogP) is 6.55. The van der Waals surface area contributed by atoms with E-state index in [2.05, 4.69) is 16.8 Å². The second-order valence-electron chi connectivity index (χ2n) is 10.8. The van der Waals surface area contributed by atoms with Crippen LogP contribution < -0.4 is 20.9 Å². The van der Waals surface area contributed by atoms with Gasteiger partial charge in [0.1, 0.15) is 11.7 Å². The van der Waals surface area contributed by atoms with Crippen molar-refractivity contribution in [2.75, 3.05) is 9.80 Å². The molecule has 1 aliphatic heterocycles. The van der Waals surface area contributed by atoms with E-state index in [0.717, 1.165) is 22.3 Å². The molecule has 1 aliphatic rings. The van der Waals surface area contributed by atoms with Gasteiger partial charge >= 0.3 is 0 Å². The van der Waals surface area contributed by atoms with Gasteiger partial charge in [-0.3, -0.25) is 19.3 Å². The molecule has 2 heterocycles. The number of thiophene rings is 1. The minimum Gasteiger partial charge on any atom is -0.352 e. The van der Waals surface area contributed by atoms with E-state index >= 15 is 0 Å². The molecular weight excluding hydrogens is 587 g/mol. The number of para-hydroxylation sites is 2. The normalized spacial score (nSPS) is 14.7. The molecule has 6 rings (SSSR count). The van der Waals surface area contributed by atoms with Gasteiger partial charge in [0.05, 0.1) is 17.9 Å². The lowest BCUT2D eigenvalue weighted by molar-refractivity contribution is -0.136. The number of carbonyl (C=O) groups excluding carboxylic acids is 3. The Morgan fingerprint density at radius 3 is 2.18 bits per heavy atom. The molecule has 7 nitrogen and oxygen atoms in total. The summed E-state index contributed by atoms with van der Waals surface area (Å²) in [7, 11) is 0. The van der Waals surface area contributed by atoms with Crippen LogP contribution in [0.5, 0.6) is 0 Å². The molecule has 226 valence electrons. The third-order valence-corrected chi connectivity index (χ3v) is 8.58. The number of carbonyl (C=O) groups is 3. The van der Waals surface area contributed by atoms with Gasteiger partial charge in [-0.1, -0.05) is 66.7 Å². The molecule has 0 saturated carbocycles. The van der Waals surface area contributed by atoms with Crippen LogP contribution >= 0.6 is 11.3 Å². The summed E-state index contributed by atoms with van der Waals surface area (Å²) in [5, 5.41) is 6.79. The zero-order chi connectivity index (χ0) is 31.3. The van der Waals surface area contributed by atoms with Crippen molar-refractivity contribution in [1.29, 1.82) is 0 Å². The van der Waals surface area contributed by atoms with E-state index in [1.54, 1.807) is 52.6 Å². The summed E-state index contributed by atoms with van der Waals surface area (Å²) in [6.07, 6.45) is -0.398. The number of nitrogens with zero attached hydrogens (tertiary/aromatic N) is 2. The van der Waals surface area contributed by atoms with Crippen molar-refractivity contribution in [2.24, 2.45) is 11.7 Å². The molecule has 3 amide bonds. The van der Waals surface area contributed by atoms with Crippen molar-refractivity contribution >= 4 is 46.1 Å². The van der Waals surface area contributed by atoms with E-state index in [1.165, 1.54) is 11.0 Å². The fourth-order valence-electron chi connectivity index (χ4n) is 5.46. The first kappa shape index (κ1) is 29.9. The summed E-state index contributed by atoms with van der Waals surface area (Å²) < 4.78 is 14.2. The molecule has 1 atom stereocenters. The second-order valence-corrected chi connectivity index (χ2v) is 11.6. The van der Waals surface area contributed by atoms with Crippen molar-refractivity contribution in [3.63, 3.8) is 0 Å². The van der Waals surface area contributed by atoms with Gasteiger partial charge < -0.3 is 16.0 Å². The maximum Gasteiger partial charge on any atom is 0.244 e. The Morgan fingerprint density at radius 1 is 0.800 bits per heavy atom. The van der Waals surface area contributed by atoms with Crippen LogP contribution in [0.4, 0.5) is 21.5 Å². The summed E-state index contributed by atoms with van der Waals surface area (Å²) in [5.41, 5.74) is 11.7. The maximum absolute atomic E-state index is 14.3. The third-order valence-electron chi connectivity index (χ3n) is 7.90. The van der Waals surface area contributed by atoms with Crippen molar-refractivity contribution in [3.05, 3.63) is 136 Å². The molecule has 5 aromatic rings. The van der Waals surface area contributed by atoms with Crippen LogP contribution in [0.2, 0.25) is 0 Å². The second kappa shape index (κ2) is 13.3. The van der Waals surface area contributed by atoms with E-state index < -0.39 is 35.9 Å². The molecule has 1 aromatic heterocycles. The van der Waals surface area contributed by atoms with Gasteiger partial charge in [0.15, 0.2) is 0 Å². The van der Waals surface area contributed by atoms with Gasteiger partial charge in [-0.15, -0.1) is 0 Å². The van der Waals surface area contributed by atoms with E-state index in [4.69, 9.17) is 5.73 Å². The van der Waals surface area contributed by atoms with Crippen LogP contribution in [0.25, 0.3) is 11.1 Å². The Labute approximate surface area is 264 Å². The fourth-order valence-corrected chi connectivity index (χ4v) is 6.13. The summed E-state index contributed by atoms with van der Waals surface area (Å²) in [6.45, 7) is 0.471.